The molecule has 0 aliphatic carbocycles. The van der Waals surface area contributed by atoms with E-state index in [0.29, 0.717) is 23.7 Å². The molecule has 0 unspecified atom stereocenters. The zero-order valence-electron chi connectivity index (χ0n) is 17.3. The third-order valence-electron chi connectivity index (χ3n) is 5.17. The average Bonchev–Trinajstić information content (AvgIpc) is 2.79. The monoisotopic (exact) mass is 401 g/mol. The van der Waals surface area contributed by atoms with Gasteiger partial charge in [-0.05, 0) is 42.5 Å². The number of nitrogens with zero attached hydrogens (tertiary/aromatic N) is 1. The minimum Gasteiger partial charge on any atom is -0.497 e. The van der Waals surface area contributed by atoms with Crippen molar-refractivity contribution >= 4 is 5.91 Å². The molecular weight excluding hydrogens is 372 g/mol. The van der Waals surface area contributed by atoms with Gasteiger partial charge in [-0.3, -0.25) is 4.79 Å². The van der Waals surface area contributed by atoms with Gasteiger partial charge in [0.05, 0.1) is 47.5 Å². The van der Waals surface area contributed by atoms with Crippen LogP contribution in [0.3, 0.4) is 0 Å². The zero-order chi connectivity index (χ0) is 20.6. The lowest BCUT2D eigenvalue weighted by atomic mass is 10.1. The van der Waals surface area contributed by atoms with E-state index in [1.807, 2.05) is 29.2 Å². The SMILES string of the molecule is COc1ccc(OCC[NH+]2CCN(C(=O)c3ccc(OC)c(OC)c3)CC2)cc1. The number of hydrogen-bond donors (Lipinski definition) is 1. The molecule has 0 aromatic heterocycles. The van der Waals surface area contributed by atoms with E-state index in [9.17, 15) is 4.79 Å². The van der Waals surface area contributed by atoms with Crippen molar-refractivity contribution in [3.63, 3.8) is 0 Å². The summed E-state index contributed by atoms with van der Waals surface area (Å²) < 4.78 is 21.5. The van der Waals surface area contributed by atoms with Crippen molar-refractivity contribution in [1.29, 1.82) is 0 Å². The molecule has 1 aliphatic heterocycles. The molecule has 1 N–H and O–H groups in total. The second-order valence-electron chi connectivity index (χ2n) is 6.89. The highest BCUT2D eigenvalue weighted by molar-refractivity contribution is 5.95. The molecule has 3 rings (SSSR count). The van der Waals surface area contributed by atoms with Gasteiger partial charge in [-0.15, -0.1) is 0 Å². The number of nitrogens with one attached hydrogen (secondary N) is 1. The van der Waals surface area contributed by atoms with Crippen LogP contribution in [-0.4, -0.2) is 71.5 Å². The molecule has 0 atom stereocenters. The molecule has 7 heteroatoms. The van der Waals surface area contributed by atoms with Crippen LogP contribution in [0.25, 0.3) is 0 Å². The van der Waals surface area contributed by atoms with Crippen LogP contribution in [-0.2, 0) is 0 Å². The maximum absolute atomic E-state index is 12.8. The summed E-state index contributed by atoms with van der Waals surface area (Å²) in [5.41, 5.74) is 0.619. The minimum absolute atomic E-state index is 0.0273. The Hall–Kier alpha value is -2.93. The quantitative estimate of drug-likeness (QED) is 0.719. The second kappa shape index (κ2) is 10.0. The molecule has 156 valence electrons. The minimum atomic E-state index is 0.0273. The van der Waals surface area contributed by atoms with Crippen LogP contribution in [0.5, 0.6) is 23.0 Å². The maximum Gasteiger partial charge on any atom is 0.254 e. The van der Waals surface area contributed by atoms with Crippen molar-refractivity contribution in [3.05, 3.63) is 48.0 Å². The first-order chi connectivity index (χ1) is 14.1. The molecule has 0 saturated carbocycles. The average molecular weight is 401 g/mol. The first kappa shape index (κ1) is 20.8. The number of rotatable bonds is 8. The van der Waals surface area contributed by atoms with E-state index in [1.54, 1.807) is 39.5 Å². The number of carbonyl (C=O) groups is 1. The Balaban J connectivity index is 1.45. The van der Waals surface area contributed by atoms with Crippen molar-refractivity contribution in [3.8, 4) is 23.0 Å². The van der Waals surface area contributed by atoms with Crippen molar-refractivity contribution in [2.24, 2.45) is 0 Å². The number of benzene rings is 2. The molecule has 1 heterocycles. The van der Waals surface area contributed by atoms with Gasteiger partial charge in [0.1, 0.15) is 24.7 Å². The highest BCUT2D eigenvalue weighted by Crippen LogP contribution is 2.28. The molecule has 1 saturated heterocycles. The zero-order valence-corrected chi connectivity index (χ0v) is 17.3. The van der Waals surface area contributed by atoms with Crippen LogP contribution in [0.1, 0.15) is 10.4 Å². The predicted octanol–water partition coefficient (Wildman–Crippen LogP) is 1.13. The molecule has 0 spiro atoms. The van der Waals surface area contributed by atoms with Crippen LogP contribution in [0.15, 0.2) is 42.5 Å². The van der Waals surface area contributed by atoms with Gasteiger partial charge in [0, 0.05) is 5.56 Å². The number of ether oxygens (including phenoxy) is 4. The fourth-order valence-corrected chi connectivity index (χ4v) is 3.41. The lowest BCUT2D eigenvalue weighted by Gasteiger charge is -2.32. The van der Waals surface area contributed by atoms with Gasteiger partial charge in [0.25, 0.3) is 5.91 Å². The molecule has 1 fully saturated rings. The fourth-order valence-electron chi connectivity index (χ4n) is 3.41. The summed E-state index contributed by atoms with van der Waals surface area (Å²) >= 11 is 0. The van der Waals surface area contributed by atoms with Crippen LogP contribution < -0.4 is 23.8 Å². The van der Waals surface area contributed by atoms with Crippen LogP contribution in [0.4, 0.5) is 0 Å². The Labute approximate surface area is 171 Å². The Bertz CT molecular complexity index is 801. The molecule has 2 aromatic carbocycles. The predicted molar refractivity (Wildman–Crippen MR) is 110 cm³/mol. The Morgan fingerprint density at radius 2 is 1.55 bits per heavy atom. The number of methoxy groups -OCH3 is 3. The summed E-state index contributed by atoms with van der Waals surface area (Å²) in [4.78, 5) is 16.1. The summed E-state index contributed by atoms with van der Waals surface area (Å²) in [6.45, 7) is 4.82. The van der Waals surface area contributed by atoms with E-state index >= 15 is 0 Å². The number of piperazine rings is 1. The van der Waals surface area contributed by atoms with Gasteiger partial charge < -0.3 is 28.7 Å². The van der Waals surface area contributed by atoms with Gasteiger partial charge in [-0.2, -0.15) is 0 Å². The van der Waals surface area contributed by atoms with Crippen molar-refractivity contribution in [1.82, 2.24) is 4.90 Å². The van der Waals surface area contributed by atoms with Crippen molar-refractivity contribution in [2.75, 3.05) is 60.7 Å². The van der Waals surface area contributed by atoms with Crippen molar-refractivity contribution < 1.29 is 28.6 Å². The lowest BCUT2D eigenvalue weighted by Crippen LogP contribution is -3.15. The normalized spacial score (nSPS) is 14.4. The topological polar surface area (TPSA) is 61.7 Å². The van der Waals surface area contributed by atoms with Gasteiger partial charge in [0.15, 0.2) is 11.5 Å². The summed E-state index contributed by atoms with van der Waals surface area (Å²) in [6.07, 6.45) is 0. The van der Waals surface area contributed by atoms with E-state index in [0.717, 1.165) is 44.2 Å². The Morgan fingerprint density at radius 3 is 2.17 bits per heavy atom. The second-order valence-corrected chi connectivity index (χ2v) is 6.89. The number of hydrogen-bond acceptors (Lipinski definition) is 5. The largest absolute Gasteiger partial charge is 0.497 e. The summed E-state index contributed by atoms with van der Waals surface area (Å²) in [7, 11) is 4.80. The van der Waals surface area contributed by atoms with Crippen LogP contribution in [0.2, 0.25) is 0 Å². The smallest absolute Gasteiger partial charge is 0.254 e. The highest BCUT2D eigenvalue weighted by atomic mass is 16.5. The standard InChI is InChI=1S/C22H28N2O5/c1-26-18-5-7-19(8-6-18)29-15-14-23-10-12-24(13-11-23)22(25)17-4-9-20(27-2)21(16-17)28-3/h4-9,16H,10-15H2,1-3H3/p+1. The van der Waals surface area contributed by atoms with E-state index in [2.05, 4.69) is 0 Å². The summed E-state index contributed by atoms with van der Waals surface area (Å²) in [6, 6.07) is 12.9. The third kappa shape index (κ3) is 5.32. The van der Waals surface area contributed by atoms with E-state index in [4.69, 9.17) is 18.9 Å². The number of quaternary nitrogens is 1. The first-order valence-corrected chi connectivity index (χ1v) is 9.76. The van der Waals surface area contributed by atoms with Crippen LogP contribution >= 0.6 is 0 Å². The van der Waals surface area contributed by atoms with Gasteiger partial charge in [-0.1, -0.05) is 0 Å². The Morgan fingerprint density at radius 1 is 0.897 bits per heavy atom. The molecule has 29 heavy (non-hydrogen) atoms. The summed E-state index contributed by atoms with van der Waals surface area (Å²) in [5.74, 6) is 2.87. The van der Waals surface area contributed by atoms with E-state index < -0.39 is 0 Å². The van der Waals surface area contributed by atoms with Gasteiger partial charge in [-0.25, -0.2) is 0 Å². The third-order valence-corrected chi connectivity index (χ3v) is 5.17. The molecule has 2 aromatic rings. The van der Waals surface area contributed by atoms with Crippen LogP contribution in [0, 0.1) is 0 Å². The number of carbonyl (C=O) groups excluding carboxylic acids is 1. The molecule has 1 amide bonds. The van der Waals surface area contributed by atoms with Gasteiger partial charge in [0.2, 0.25) is 0 Å². The molecule has 0 radical (unpaired) electrons. The van der Waals surface area contributed by atoms with E-state index in [1.165, 1.54) is 4.90 Å². The molecular formula is C22H29N2O5+. The van der Waals surface area contributed by atoms with E-state index in [-0.39, 0.29) is 5.91 Å². The lowest BCUT2D eigenvalue weighted by molar-refractivity contribution is -0.903. The maximum atomic E-state index is 12.8. The fraction of sp³-hybridized carbons (Fsp3) is 0.409. The molecule has 1 aliphatic rings. The van der Waals surface area contributed by atoms with Gasteiger partial charge >= 0.3 is 0 Å². The first-order valence-electron chi connectivity index (χ1n) is 9.76. The molecule has 7 nitrogen and oxygen atoms in total. The number of amides is 1. The summed E-state index contributed by atoms with van der Waals surface area (Å²) in [5, 5.41) is 0. The molecule has 0 bridgehead atoms. The van der Waals surface area contributed by atoms with Crippen molar-refractivity contribution in [2.45, 2.75) is 0 Å². The Kier molecular flexibility index (Phi) is 7.19. The highest BCUT2D eigenvalue weighted by Gasteiger charge is 2.25.